The summed E-state index contributed by atoms with van der Waals surface area (Å²) in [4.78, 5) is 15.9. The molecular weight excluding hydrogens is 541 g/mol. The third kappa shape index (κ3) is 9.34. The highest BCUT2D eigenvalue weighted by Gasteiger charge is 2.33. The van der Waals surface area contributed by atoms with E-state index in [0.29, 0.717) is 49.6 Å². The maximum atomic E-state index is 14.0. The standard InChI is InChI=1S/C29H43F3N4O5/c1-20-24(19-34(5)11-12-35(6)27(37)41-28(2,3)4)26(36(33-20)25-10-8-9-13-40-25)21-16-22(29(30,31)32)18-23(17-21)39-15-14-38-7/h16-18,25H,8-15,19H2,1-7H3. The first-order valence-electron chi connectivity index (χ1n) is 13.9. The van der Waals surface area contributed by atoms with Crippen LogP contribution in [0.25, 0.3) is 11.3 Å². The molecule has 230 valence electrons. The molecule has 1 aliphatic heterocycles. The van der Waals surface area contributed by atoms with Crippen molar-refractivity contribution in [3.05, 3.63) is 35.0 Å². The van der Waals surface area contributed by atoms with Crippen LogP contribution in [0.5, 0.6) is 5.75 Å². The first-order chi connectivity index (χ1) is 19.2. The lowest BCUT2D eigenvalue weighted by atomic mass is 10.0. The number of rotatable bonds is 11. The molecule has 9 nitrogen and oxygen atoms in total. The highest BCUT2D eigenvalue weighted by Crippen LogP contribution is 2.39. The van der Waals surface area contributed by atoms with Gasteiger partial charge in [0.05, 0.1) is 23.6 Å². The van der Waals surface area contributed by atoms with Gasteiger partial charge in [0.15, 0.2) is 6.23 Å². The summed E-state index contributed by atoms with van der Waals surface area (Å²) in [7, 11) is 5.07. The van der Waals surface area contributed by atoms with E-state index in [1.807, 2.05) is 39.6 Å². The van der Waals surface area contributed by atoms with Crippen molar-refractivity contribution in [2.24, 2.45) is 0 Å². The van der Waals surface area contributed by atoms with E-state index >= 15 is 0 Å². The number of carbonyl (C=O) groups excluding carboxylic acids is 1. The van der Waals surface area contributed by atoms with Crippen LogP contribution in [-0.4, -0.2) is 85.4 Å². The molecule has 0 saturated carbocycles. The zero-order chi connectivity index (χ0) is 30.4. The van der Waals surface area contributed by atoms with Gasteiger partial charge in [-0.3, -0.25) is 0 Å². The van der Waals surface area contributed by atoms with Gasteiger partial charge in [-0.05, 0) is 72.2 Å². The average molecular weight is 585 g/mol. The molecule has 12 heteroatoms. The third-order valence-electron chi connectivity index (χ3n) is 6.65. The number of amides is 1. The summed E-state index contributed by atoms with van der Waals surface area (Å²) < 4.78 is 65.8. The van der Waals surface area contributed by atoms with Crippen LogP contribution in [0.15, 0.2) is 18.2 Å². The number of hydrogen-bond acceptors (Lipinski definition) is 7. The fourth-order valence-electron chi connectivity index (χ4n) is 4.53. The molecule has 2 heterocycles. The van der Waals surface area contributed by atoms with E-state index in [4.69, 9.17) is 24.0 Å². The summed E-state index contributed by atoms with van der Waals surface area (Å²) in [6.07, 6.45) is -2.81. The van der Waals surface area contributed by atoms with Gasteiger partial charge in [0.1, 0.15) is 18.0 Å². The number of nitrogens with zero attached hydrogens (tertiary/aromatic N) is 4. The summed E-state index contributed by atoms with van der Waals surface area (Å²) in [6, 6.07) is 3.75. The molecule has 1 atom stereocenters. The molecule has 0 radical (unpaired) electrons. The Balaban J connectivity index is 1.97. The van der Waals surface area contributed by atoms with Gasteiger partial charge in [0, 0.05) is 51.5 Å². The molecular formula is C29H43F3N4O5. The summed E-state index contributed by atoms with van der Waals surface area (Å²) in [5.41, 5.74) is 0.969. The number of aryl methyl sites for hydroxylation is 1. The van der Waals surface area contributed by atoms with Crippen molar-refractivity contribution in [2.45, 2.75) is 71.5 Å². The molecule has 1 unspecified atom stereocenters. The maximum absolute atomic E-state index is 14.0. The first kappa shape index (κ1) is 32.7. The Morgan fingerprint density at radius 2 is 1.85 bits per heavy atom. The Kier molecular flexibility index (Phi) is 11.1. The van der Waals surface area contributed by atoms with Crippen LogP contribution in [0.3, 0.4) is 0 Å². The fraction of sp³-hybridized carbons (Fsp3) is 0.655. The normalized spacial score (nSPS) is 16.2. The number of ether oxygens (including phenoxy) is 4. The largest absolute Gasteiger partial charge is 0.491 e. The lowest BCUT2D eigenvalue weighted by Gasteiger charge is -2.27. The van der Waals surface area contributed by atoms with E-state index in [9.17, 15) is 18.0 Å². The summed E-state index contributed by atoms with van der Waals surface area (Å²) >= 11 is 0. The van der Waals surface area contributed by atoms with E-state index in [0.717, 1.165) is 30.5 Å². The predicted octanol–water partition coefficient (Wildman–Crippen LogP) is 5.90. The van der Waals surface area contributed by atoms with Crippen LogP contribution in [0.2, 0.25) is 0 Å². The van der Waals surface area contributed by atoms with Gasteiger partial charge in [0.2, 0.25) is 0 Å². The molecule has 1 aliphatic rings. The lowest BCUT2D eigenvalue weighted by molar-refractivity contribution is -0.137. The van der Waals surface area contributed by atoms with Crippen molar-refractivity contribution in [3.8, 4) is 17.0 Å². The molecule has 1 aromatic carbocycles. The molecule has 0 bridgehead atoms. The number of hydrogen-bond donors (Lipinski definition) is 0. The zero-order valence-corrected chi connectivity index (χ0v) is 25.1. The molecule has 1 fully saturated rings. The van der Waals surface area contributed by atoms with E-state index in [-0.39, 0.29) is 25.2 Å². The summed E-state index contributed by atoms with van der Waals surface area (Å²) in [5.74, 6) is 0.0973. The second kappa shape index (κ2) is 13.9. The van der Waals surface area contributed by atoms with Crippen molar-refractivity contribution in [3.63, 3.8) is 0 Å². The Bertz CT molecular complexity index is 1160. The van der Waals surface area contributed by atoms with Crippen molar-refractivity contribution >= 4 is 6.09 Å². The van der Waals surface area contributed by atoms with E-state index in [1.165, 1.54) is 12.0 Å². The minimum Gasteiger partial charge on any atom is -0.491 e. The maximum Gasteiger partial charge on any atom is 0.416 e. The number of benzene rings is 1. The predicted molar refractivity (Wildman–Crippen MR) is 149 cm³/mol. The second-order valence-corrected chi connectivity index (χ2v) is 11.4. The third-order valence-corrected chi connectivity index (χ3v) is 6.65. The Morgan fingerprint density at radius 3 is 2.46 bits per heavy atom. The van der Waals surface area contributed by atoms with Crippen molar-refractivity contribution in [1.29, 1.82) is 0 Å². The zero-order valence-electron chi connectivity index (χ0n) is 25.1. The van der Waals surface area contributed by atoms with E-state index in [1.54, 1.807) is 17.8 Å². The van der Waals surface area contributed by atoms with Crippen LogP contribution in [0, 0.1) is 6.92 Å². The van der Waals surface area contributed by atoms with Crippen molar-refractivity contribution in [2.75, 3.05) is 54.1 Å². The lowest BCUT2D eigenvalue weighted by Crippen LogP contribution is -2.38. The Labute approximate surface area is 240 Å². The first-order valence-corrected chi connectivity index (χ1v) is 13.9. The average Bonchev–Trinajstić information content (AvgIpc) is 3.21. The highest BCUT2D eigenvalue weighted by atomic mass is 19.4. The summed E-state index contributed by atoms with van der Waals surface area (Å²) in [5, 5.41) is 4.76. The Morgan fingerprint density at radius 1 is 1.12 bits per heavy atom. The van der Waals surface area contributed by atoms with E-state index in [2.05, 4.69) is 0 Å². The Hall–Kier alpha value is -2.83. The van der Waals surface area contributed by atoms with Crippen molar-refractivity contribution < 1.29 is 36.9 Å². The number of likely N-dealkylation sites (N-methyl/N-ethyl adjacent to an activating group) is 2. The van der Waals surface area contributed by atoms with Crippen LogP contribution in [0.4, 0.5) is 18.0 Å². The van der Waals surface area contributed by atoms with Crippen LogP contribution < -0.4 is 4.74 Å². The molecule has 0 N–H and O–H groups in total. The second-order valence-electron chi connectivity index (χ2n) is 11.4. The smallest absolute Gasteiger partial charge is 0.416 e. The van der Waals surface area contributed by atoms with Crippen LogP contribution in [-0.2, 0) is 26.9 Å². The quantitative estimate of drug-likeness (QED) is 0.304. The number of carbonyl (C=O) groups is 1. The highest BCUT2D eigenvalue weighted by molar-refractivity contribution is 5.68. The van der Waals surface area contributed by atoms with Gasteiger partial charge in [0.25, 0.3) is 0 Å². The van der Waals surface area contributed by atoms with Crippen LogP contribution >= 0.6 is 0 Å². The van der Waals surface area contributed by atoms with Gasteiger partial charge < -0.3 is 28.7 Å². The fourth-order valence-corrected chi connectivity index (χ4v) is 4.53. The number of halogens is 3. The molecule has 2 aromatic rings. The molecule has 1 aromatic heterocycles. The SMILES string of the molecule is COCCOc1cc(-c2c(CN(C)CCN(C)C(=O)OC(C)(C)C)c(C)nn2C2CCCCO2)cc(C(F)(F)F)c1. The van der Waals surface area contributed by atoms with Crippen molar-refractivity contribution in [1.82, 2.24) is 19.6 Å². The minimum atomic E-state index is -4.57. The van der Waals surface area contributed by atoms with Gasteiger partial charge in [-0.1, -0.05) is 0 Å². The van der Waals surface area contributed by atoms with Gasteiger partial charge in [-0.2, -0.15) is 18.3 Å². The van der Waals surface area contributed by atoms with Crippen LogP contribution in [0.1, 0.15) is 63.1 Å². The molecule has 1 amide bonds. The topological polar surface area (TPSA) is 78.3 Å². The molecule has 3 rings (SSSR count). The number of aromatic nitrogens is 2. The minimum absolute atomic E-state index is 0.0973. The summed E-state index contributed by atoms with van der Waals surface area (Å²) in [6.45, 7) is 9.50. The molecule has 0 spiro atoms. The van der Waals surface area contributed by atoms with Gasteiger partial charge in [-0.15, -0.1) is 0 Å². The molecule has 41 heavy (non-hydrogen) atoms. The monoisotopic (exact) mass is 584 g/mol. The molecule has 1 saturated heterocycles. The number of alkyl halides is 3. The van der Waals surface area contributed by atoms with E-state index < -0.39 is 23.4 Å². The number of methoxy groups -OCH3 is 1. The van der Waals surface area contributed by atoms with Gasteiger partial charge >= 0.3 is 12.3 Å². The van der Waals surface area contributed by atoms with Gasteiger partial charge in [-0.25, -0.2) is 9.48 Å². The molecule has 0 aliphatic carbocycles.